The summed E-state index contributed by atoms with van der Waals surface area (Å²) in [5.41, 5.74) is 0. The molecule has 0 aromatic rings. The van der Waals surface area contributed by atoms with Gasteiger partial charge < -0.3 is 24.0 Å². The fourth-order valence-corrected chi connectivity index (χ4v) is 2.63. The number of allylic oxidation sites excluding steroid dienone is 4. The van der Waals surface area contributed by atoms with Crippen LogP contribution in [0.15, 0.2) is 22.8 Å². The number of rotatable bonds is 3. The second-order valence-electron chi connectivity index (χ2n) is 2.83. The van der Waals surface area contributed by atoms with E-state index in [1.165, 1.54) is 18.5 Å². The summed E-state index contributed by atoms with van der Waals surface area (Å²) in [6.07, 6.45) is 11.3. The first-order valence-corrected chi connectivity index (χ1v) is 7.34. The predicted octanol–water partition coefficient (Wildman–Crippen LogP) is 0.909. The molecule has 3 heteroatoms. The fraction of sp³-hybridized carbons (Fsp3) is 0.636. The summed E-state index contributed by atoms with van der Waals surface area (Å²) < 4.78 is 1.09. The van der Waals surface area contributed by atoms with Crippen molar-refractivity contribution < 1.29 is 39.4 Å². The Balaban J connectivity index is 0. The Morgan fingerprint density at radius 3 is 1.79 bits per heavy atom. The first-order valence-electron chi connectivity index (χ1n) is 4.95. The van der Waals surface area contributed by atoms with Gasteiger partial charge in [0.25, 0.3) is 0 Å². The van der Waals surface area contributed by atoms with E-state index in [9.17, 15) is 0 Å². The fourth-order valence-electron chi connectivity index (χ4n) is 1.08. The van der Waals surface area contributed by atoms with Crippen LogP contribution in [0.2, 0.25) is 0 Å². The van der Waals surface area contributed by atoms with E-state index in [2.05, 4.69) is 42.3 Å². The van der Waals surface area contributed by atoms with Crippen LogP contribution in [0.3, 0.4) is 0 Å². The van der Waals surface area contributed by atoms with Crippen LogP contribution in [0.4, 0.5) is 0 Å². The van der Waals surface area contributed by atoms with Crippen molar-refractivity contribution in [1.82, 2.24) is 0 Å². The summed E-state index contributed by atoms with van der Waals surface area (Å²) in [5.74, 6) is 0. The van der Waals surface area contributed by atoms with Gasteiger partial charge in [0, 0.05) is 0 Å². The molecule has 0 saturated carbocycles. The van der Waals surface area contributed by atoms with Crippen molar-refractivity contribution in [3.63, 3.8) is 0 Å². The Morgan fingerprint density at radius 1 is 1.21 bits per heavy atom. The first kappa shape index (κ1) is 17.5. The molecule has 0 saturated heterocycles. The van der Waals surface area contributed by atoms with Crippen molar-refractivity contribution in [2.24, 2.45) is 0 Å². The van der Waals surface area contributed by atoms with Crippen molar-refractivity contribution >= 4 is 7.92 Å². The molecule has 0 radical (unpaired) electrons. The van der Waals surface area contributed by atoms with E-state index in [0.717, 1.165) is 11.0 Å². The molecule has 0 heterocycles. The summed E-state index contributed by atoms with van der Waals surface area (Å²) in [6, 6.07) is 0. The molecular weight excluding hydrogens is 349 g/mol. The molecule has 0 aromatic heterocycles. The second kappa shape index (κ2) is 12.2. The standard InChI is InChI=1S/C6H15P.C5H5.HI.Ni/c1-4-7(5-2)6-3;1-2-4-5-3-1;;/h4-6H2,1-3H3;1-3H,4H2;1H;/q;;;+1/p-1. The molecule has 0 amide bonds. The summed E-state index contributed by atoms with van der Waals surface area (Å²) in [7, 11) is 0.446. The third-order valence-corrected chi connectivity index (χ3v) is 5.09. The molecule has 0 fully saturated rings. The Kier molecular flexibility index (Phi) is 15.3. The molecule has 0 unspecified atom stereocenters. The van der Waals surface area contributed by atoms with E-state index >= 15 is 0 Å². The number of hydrogen-bond donors (Lipinski definition) is 0. The van der Waals surface area contributed by atoms with Gasteiger partial charge in [-0.3, -0.25) is 0 Å². The molecule has 0 aromatic carbocycles. The maximum absolute atomic E-state index is 4.53. The van der Waals surface area contributed by atoms with Gasteiger partial charge in [-0.15, -0.1) is 7.92 Å². The summed E-state index contributed by atoms with van der Waals surface area (Å²) in [4.78, 5) is 0. The Labute approximate surface area is 115 Å². The molecule has 1 rings (SSSR count). The maximum atomic E-state index is 4.53. The molecule has 0 aliphatic heterocycles. The SMILES string of the molecule is CCP(CC)CC.[I-].[Ni+][C]1=CC=CC1. The van der Waals surface area contributed by atoms with E-state index in [1.54, 1.807) is 0 Å². The van der Waals surface area contributed by atoms with E-state index in [-0.39, 0.29) is 24.0 Å². The van der Waals surface area contributed by atoms with Gasteiger partial charge in [0.1, 0.15) is 0 Å². The second-order valence-corrected chi connectivity index (χ2v) is 6.70. The van der Waals surface area contributed by atoms with Gasteiger partial charge in [-0.2, -0.15) is 0 Å². The van der Waals surface area contributed by atoms with Gasteiger partial charge in [0.2, 0.25) is 0 Å². The van der Waals surface area contributed by atoms with E-state index < -0.39 is 0 Å². The van der Waals surface area contributed by atoms with Crippen LogP contribution >= 0.6 is 7.92 Å². The van der Waals surface area contributed by atoms with Gasteiger partial charge in [0.05, 0.1) is 0 Å². The Bertz CT molecular complexity index is 169. The molecular formula is C11H20INiP. The van der Waals surface area contributed by atoms with Gasteiger partial charge >= 0.3 is 44.7 Å². The molecule has 0 bridgehead atoms. The first-order chi connectivity index (χ1) is 6.24. The molecule has 0 N–H and O–H groups in total. The molecule has 0 spiro atoms. The summed E-state index contributed by atoms with van der Waals surface area (Å²) in [6.45, 7) is 6.87. The van der Waals surface area contributed by atoms with Crippen LogP contribution < -0.4 is 24.0 Å². The quantitative estimate of drug-likeness (QED) is 0.395. The average molecular weight is 369 g/mol. The van der Waals surface area contributed by atoms with E-state index in [0.29, 0.717) is 7.92 Å². The summed E-state index contributed by atoms with van der Waals surface area (Å²) in [5, 5.41) is 0. The zero-order valence-electron chi connectivity index (χ0n) is 9.20. The average Bonchev–Trinajstić information content (AvgIpc) is 2.60. The van der Waals surface area contributed by atoms with Gasteiger partial charge in [0.15, 0.2) is 0 Å². The van der Waals surface area contributed by atoms with Gasteiger partial charge in [-0.1, -0.05) is 20.8 Å². The van der Waals surface area contributed by atoms with Crippen molar-refractivity contribution in [3.05, 3.63) is 22.8 Å². The molecule has 14 heavy (non-hydrogen) atoms. The minimum absolute atomic E-state index is 0. The van der Waals surface area contributed by atoms with Crippen molar-refractivity contribution in [2.75, 3.05) is 18.5 Å². The minimum atomic E-state index is 0. The number of halogens is 1. The summed E-state index contributed by atoms with van der Waals surface area (Å²) >= 11 is 4.53. The number of hydrogen-bond acceptors (Lipinski definition) is 0. The van der Waals surface area contributed by atoms with Crippen molar-refractivity contribution in [3.8, 4) is 0 Å². The van der Waals surface area contributed by atoms with E-state index in [1.807, 2.05) is 12.2 Å². The predicted molar refractivity (Wildman–Crippen MR) is 60.4 cm³/mol. The van der Waals surface area contributed by atoms with E-state index in [4.69, 9.17) is 0 Å². The van der Waals surface area contributed by atoms with Crippen molar-refractivity contribution in [1.29, 1.82) is 0 Å². The van der Waals surface area contributed by atoms with Gasteiger partial charge in [-0.25, -0.2) is 0 Å². The topological polar surface area (TPSA) is 0 Å². The molecule has 1 aliphatic carbocycles. The van der Waals surface area contributed by atoms with Crippen LogP contribution in [-0.2, 0) is 15.5 Å². The van der Waals surface area contributed by atoms with Gasteiger partial charge in [-0.05, 0) is 18.5 Å². The Morgan fingerprint density at radius 2 is 1.71 bits per heavy atom. The molecule has 86 valence electrons. The zero-order chi connectivity index (χ0) is 10.1. The van der Waals surface area contributed by atoms with Crippen molar-refractivity contribution in [2.45, 2.75) is 27.2 Å². The zero-order valence-corrected chi connectivity index (χ0v) is 13.2. The van der Waals surface area contributed by atoms with Crippen LogP contribution in [0.1, 0.15) is 27.2 Å². The third-order valence-electron chi connectivity index (χ3n) is 2.04. The normalized spacial score (nSPS) is 13.1. The molecule has 1 aliphatic rings. The van der Waals surface area contributed by atoms with Crippen LogP contribution in [0.25, 0.3) is 0 Å². The monoisotopic (exact) mass is 368 g/mol. The van der Waals surface area contributed by atoms with Crippen LogP contribution in [-0.4, -0.2) is 18.5 Å². The van der Waals surface area contributed by atoms with Crippen LogP contribution in [0, 0.1) is 0 Å². The molecule has 0 atom stereocenters. The Hall–Kier alpha value is 1.13. The molecule has 0 nitrogen and oxygen atoms in total. The van der Waals surface area contributed by atoms with Crippen LogP contribution in [0.5, 0.6) is 0 Å². The third kappa shape index (κ3) is 9.68.